The first kappa shape index (κ1) is 13.0. The van der Waals surface area contributed by atoms with E-state index in [9.17, 15) is 19.3 Å². The van der Waals surface area contributed by atoms with Gasteiger partial charge in [0, 0.05) is 32.2 Å². The maximum Gasteiger partial charge on any atom is 0.282 e. The van der Waals surface area contributed by atoms with Gasteiger partial charge in [0.25, 0.3) is 11.6 Å². The van der Waals surface area contributed by atoms with Gasteiger partial charge in [0.2, 0.25) is 0 Å². The topological polar surface area (TPSA) is 75.5 Å². The van der Waals surface area contributed by atoms with Crippen molar-refractivity contribution in [2.45, 2.75) is 0 Å². The van der Waals surface area contributed by atoms with Crippen LogP contribution in [0.1, 0.15) is 10.4 Å². The molecule has 3 rings (SSSR count). The predicted molar refractivity (Wildman–Crippen MR) is 68.8 cm³/mol. The Bertz CT molecular complexity index is 566. The molecule has 1 N–H and O–H groups in total. The molecule has 1 amide bonds. The van der Waals surface area contributed by atoms with E-state index < -0.39 is 16.6 Å². The number of nitro benzene ring substituents is 1. The molecule has 0 radical (unpaired) electrons. The van der Waals surface area contributed by atoms with Gasteiger partial charge >= 0.3 is 0 Å². The van der Waals surface area contributed by atoms with Crippen molar-refractivity contribution < 1.29 is 14.1 Å². The molecule has 1 aromatic carbocycles. The van der Waals surface area contributed by atoms with E-state index in [1.807, 2.05) is 0 Å². The number of carbonyl (C=O) groups excluding carboxylic acids is 1. The van der Waals surface area contributed by atoms with Crippen molar-refractivity contribution >= 4 is 11.6 Å². The minimum absolute atomic E-state index is 0.164. The summed E-state index contributed by atoms with van der Waals surface area (Å²) in [5, 5.41) is 14.2. The lowest BCUT2D eigenvalue weighted by atomic mass is 10.0. The van der Waals surface area contributed by atoms with Gasteiger partial charge < -0.3 is 10.2 Å². The molecule has 0 aromatic heterocycles. The largest absolute Gasteiger partial charge is 0.338 e. The Morgan fingerprint density at radius 3 is 2.60 bits per heavy atom. The summed E-state index contributed by atoms with van der Waals surface area (Å²) in [7, 11) is 0. The van der Waals surface area contributed by atoms with Crippen LogP contribution >= 0.6 is 0 Å². The Morgan fingerprint density at radius 2 is 2.00 bits per heavy atom. The Kier molecular flexibility index (Phi) is 3.13. The molecule has 0 spiro atoms. The number of fused-ring (bicyclic) bond motifs is 1. The second-order valence-corrected chi connectivity index (χ2v) is 5.31. The summed E-state index contributed by atoms with van der Waals surface area (Å²) in [6.45, 7) is 2.87. The summed E-state index contributed by atoms with van der Waals surface area (Å²) in [5.74, 6) is -0.302. The zero-order chi connectivity index (χ0) is 14.3. The lowest BCUT2D eigenvalue weighted by Gasteiger charge is -2.17. The molecule has 2 saturated heterocycles. The average Bonchev–Trinajstić information content (AvgIpc) is 2.97. The molecule has 6 nitrogen and oxygen atoms in total. The second kappa shape index (κ2) is 4.82. The van der Waals surface area contributed by atoms with Gasteiger partial charge in [0.1, 0.15) is 11.4 Å². The molecule has 0 bridgehead atoms. The van der Waals surface area contributed by atoms with Gasteiger partial charge in [-0.15, -0.1) is 0 Å². The molecule has 2 atom stereocenters. The highest BCUT2D eigenvalue weighted by Crippen LogP contribution is 2.29. The van der Waals surface area contributed by atoms with Crippen LogP contribution in [0.15, 0.2) is 18.2 Å². The average molecular weight is 279 g/mol. The lowest BCUT2D eigenvalue weighted by Crippen LogP contribution is -2.32. The van der Waals surface area contributed by atoms with Crippen molar-refractivity contribution in [3.8, 4) is 0 Å². The molecule has 2 aliphatic heterocycles. The van der Waals surface area contributed by atoms with Gasteiger partial charge in [-0.2, -0.15) is 0 Å². The van der Waals surface area contributed by atoms with Crippen molar-refractivity contribution in [2.75, 3.05) is 26.2 Å². The van der Waals surface area contributed by atoms with Gasteiger partial charge in [0.15, 0.2) is 0 Å². The molecule has 7 heteroatoms. The van der Waals surface area contributed by atoms with Crippen LogP contribution in [0.4, 0.5) is 10.1 Å². The SMILES string of the molecule is O=C(c1cc(F)ccc1[N+](=O)[O-])N1C[C@H]2CNC[C@H]2C1. The maximum atomic E-state index is 13.3. The van der Waals surface area contributed by atoms with E-state index in [1.54, 1.807) is 4.90 Å². The standard InChI is InChI=1S/C13H14FN3O3/c14-10-1-2-12(17(19)20)11(3-10)13(18)16-6-8-4-15-5-9(8)7-16/h1-3,8-9,15H,4-7H2/t8-,9+. The van der Waals surface area contributed by atoms with Crippen molar-refractivity contribution in [3.63, 3.8) is 0 Å². The molecule has 20 heavy (non-hydrogen) atoms. The molecule has 106 valence electrons. The van der Waals surface area contributed by atoms with Crippen molar-refractivity contribution in [2.24, 2.45) is 11.8 Å². The van der Waals surface area contributed by atoms with Gasteiger partial charge in [-0.25, -0.2) is 4.39 Å². The third-order valence-corrected chi connectivity index (χ3v) is 4.06. The fourth-order valence-electron chi connectivity index (χ4n) is 3.03. The number of amides is 1. The number of nitrogens with one attached hydrogen (secondary N) is 1. The van der Waals surface area contributed by atoms with E-state index in [0.717, 1.165) is 31.3 Å². The number of carbonyl (C=O) groups is 1. The van der Waals surface area contributed by atoms with Gasteiger partial charge in [-0.3, -0.25) is 14.9 Å². The monoisotopic (exact) mass is 279 g/mol. The first-order valence-electron chi connectivity index (χ1n) is 6.50. The Morgan fingerprint density at radius 1 is 1.35 bits per heavy atom. The molecule has 2 heterocycles. The summed E-state index contributed by atoms with van der Waals surface area (Å²) < 4.78 is 13.3. The van der Waals surface area contributed by atoms with Crippen molar-refractivity contribution in [1.29, 1.82) is 0 Å². The lowest BCUT2D eigenvalue weighted by molar-refractivity contribution is -0.385. The van der Waals surface area contributed by atoms with E-state index in [4.69, 9.17) is 0 Å². The number of nitro groups is 1. The quantitative estimate of drug-likeness (QED) is 0.648. The number of rotatable bonds is 2. The maximum absolute atomic E-state index is 13.3. The highest BCUT2D eigenvalue weighted by atomic mass is 19.1. The molecule has 1 aromatic rings. The summed E-state index contributed by atoms with van der Waals surface area (Å²) in [4.78, 5) is 24.3. The number of hydrogen-bond donors (Lipinski definition) is 1. The third kappa shape index (κ3) is 2.14. The van der Waals surface area contributed by atoms with Crippen LogP contribution in [0.3, 0.4) is 0 Å². The van der Waals surface area contributed by atoms with Crippen LogP contribution in [0.25, 0.3) is 0 Å². The van der Waals surface area contributed by atoms with E-state index in [0.29, 0.717) is 24.9 Å². The second-order valence-electron chi connectivity index (χ2n) is 5.31. The minimum Gasteiger partial charge on any atom is -0.338 e. The molecule has 0 unspecified atom stereocenters. The Hall–Kier alpha value is -2.02. The highest BCUT2D eigenvalue weighted by Gasteiger charge is 2.39. The normalized spacial score (nSPS) is 24.8. The molecule has 2 aliphatic rings. The van der Waals surface area contributed by atoms with Crippen molar-refractivity contribution in [3.05, 3.63) is 39.7 Å². The third-order valence-electron chi connectivity index (χ3n) is 4.06. The van der Waals surface area contributed by atoms with Gasteiger partial charge in [-0.1, -0.05) is 0 Å². The molecule has 0 saturated carbocycles. The van der Waals surface area contributed by atoms with Crippen LogP contribution in [-0.2, 0) is 0 Å². The van der Waals surface area contributed by atoms with Crippen LogP contribution in [0.5, 0.6) is 0 Å². The van der Waals surface area contributed by atoms with E-state index >= 15 is 0 Å². The predicted octanol–water partition coefficient (Wildman–Crippen LogP) is 1.03. The smallest absolute Gasteiger partial charge is 0.282 e. The number of halogens is 1. The summed E-state index contributed by atoms with van der Waals surface area (Å²) in [6.07, 6.45) is 0. The Balaban J connectivity index is 1.87. The first-order valence-corrected chi connectivity index (χ1v) is 6.50. The van der Waals surface area contributed by atoms with E-state index in [2.05, 4.69) is 5.32 Å². The first-order chi connectivity index (χ1) is 9.56. The summed E-state index contributed by atoms with van der Waals surface area (Å²) in [5.41, 5.74) is -0.505. The Labute approximate surface area is 114 Å². The van der Waals surface area contributed by atoms with E-state index in [1.165, 1.54) is 0 Å². The fraction of sp³-hybridized carbons (Fsp3) is 0.462. The molecular weight excluding hydrogens is 265 g/mol. The number of nitrogens with zero attached hydrogens (tertiary/aromatic N) is 2. The number of hydrogen-bond acceptors (Lipinski definition) is 4. The zero-order valence-corrected chi connectivity index (χ0v) is 10.7. The van der Waals surface area contributed by atoms with Crippen LogP contribution in [0.2, 0.25) is 0 Å². The van der Waals surface area contributed by atoms with Crippen LogP contribution in [0, 0.1) is 27.8 Å². The summed E-state index contributed by atoms with van der Waals surface area (Å²) in [6, 6.07) is 2.99. The van der Waals surface area contributed by atoms with Crippen LogP contribution < -0.4 is 5.32 Å². The van der Waals surface area contributed by atoms with Crippen molar-refractivity contribution in [1.82, 2.24) is 10.2 Å². The van der Waals surface area contributed by atoms with Crippen LogP contribution in [-0.4, -0.2) is 41.9 Å². The van der Waals surface area contributed by atoms with Gasteiger partial charge in [-0.05, 0) is 24.0 Å². The van der Waals surface area contributed by atoms with E-state index in [-0.39, 0.29) is 11.3 Å². The minimum atomic E-state index is -0.648. The molecular formula is C13H14FN3O3. The number of benzene rings is 1. The summed E-state index contributed by atoms with van der Waals surface area (Å²) >= 11 is 0. The highest BCUT2D eigenvalue weighted by molar-refractivity contribution is 5.98. The number of likely N-dealkylation sites (tertiary alicyclic amines) is 1. The molecule has 2 fully saturated rings. The molecule has 0 aliphatic carbocycles. The zero-order valence-electron chi connectivity index (χ0n) is 10.7. The fourth-order valence-corrected chi connectivity index (χ4v) is 3.03. The van der Waals surface area contributed by atoms with Gasteiger partial charge in [0.05, 0.1) is 4.92 Å².